The maximum Gasteiger partial charge on any atom is 0.309 e. The van der Waals surface area contributed by atoms with Gasteiger partial charge in [-0.1, -0.05) is 24.3 Å². The Hall–Kier alpha value is -2.01. The lowest BCUT2D eigenvalue weighted by molar-refractivity contribution is -0.139. The highest BCUT2D eigenvalue weighted by atomic mass is 32.2. The Morgan fingerprint density at radius 1 is 1.10 bits per heavy atom. The van der Waals surface area contributed by atoms with Crippen LogP contribution in [0.4, 0.5) is 4.39 Å². The molecule has 0 fully saturated rings. The van der Waals surface area contributed by atoms with Crippen molar-refractivity contribution >= 4 is 16.8 Å². The predicted octanol–water partition coefficient (Wildman–Crippen LogP) is 2.85. The van der Waals surface area contributed by atoms with Crippen LogP contribution in [-0.2, 0) is 32.5 Å². The van der Waals surface area contributed by atoms with Gasteiger partial charge in [-0.05, 0) is 35.4 Å². The lowest BCUT2D eigenvalue weighted by atomic mass is 10.1. The van der Waals surface area contributed by atoms with Crippen LogP contribution in [0.2, 0.25) is 0 Å². The Morgan fingerprint density at radius 2 is 1.71 bits per heavy atom. The maximum absolute atomic E-state index is 12.9. The van der Waals surface area contributed by atoms with Crippen LogP contribution in [0.3, 0.4) is 0 Å². The van der Waals surface area contributed by atoms with Gasteiger partial charge in [0.15, 0.2) is 0 Å². The van der Waals surface area contributed by atoms with Crippen LogP contribution in [-0.4, -0.2) is 17.3 Å². The van der Waals surface area contributed by atoms with E-state index in [0.29, 0.717) is 4.90 Å². The largest absolute Gasteiger partial charge is 0.469 e. The molecule has 1 unspecified atom stereocenters. The summed E-state index contributed by atoms with van der Waals surface area (Å²) in [4.78, 5) is 11.9. The summed E-state index contributed by atoms with van der Waals surface area (Å²) in [6.07, 6.45) is 0.146. The summed E-state index contributed by atoms with van der Waals surface area (Å²) in [7, 11) is 0.0464. The van der Waals surface area contributed by atoms with Crippen molar-refractivity contribution in [1.29, 1.82) is 0 Å². The van der Waals surface area contributed by atoms with Gasteiger partial charge in [-0.3, -0.25) is 9.00 Å². The van der Waals surface area contributed by atoms with Gasteiger partial charge < -0.3 is 4.74 Å². The molecule has 2 rings (SSSR count). The SMILES string of the molecule is COC(=O)Cc1ccccc1CS(=O)c1ccc(F)cc1. The van der Waals surface area contributed by atoms with E-state index in [-0.39, 0.29) is 24.0 Å². The molecule has 1 atom stereocenters. The van der Waals surface area contributed by atoms with Gasteiger partial charge in [0.25, 0.3) is 0 Å². The number of carbonyl (C=O) groups is 1. The minimum atomic E-state index is -1.29. The molecule has 110 valence electrons. The second kappa shape index (κ2) is 7.13. The highest BCUT2D eigenvalue weighted by molar-refractivity contribution is 7.84. The number of ether oxygens (including phenoxy) is 1. The van der Waals surface area contributed by atoms with Crippen molar-refractivity contribution < 1.29 is 18.1 Å². The molecule has 2 aromatic carbocycles. The Morgan fingerprint density at radius 3 is 2.33 bits per heavy atom. The number of hydrogen-bond donors (Lipinski definition) is 0. The number of benzene rings is 2. The zero-order valence-electron chi connectivity index (χ0n) is 11.5. The fourth-order valence-corrected chi connectivity index (χ4v) is 3.08. The normalized spacial score (nSPS) is 11.9. The first kappa shape index (κ1) is 15.4. The van der Waals surface area contributed by atoms with Crippen molar-refractivity contribution in [2.75, 3.05) is 7.11 Å². The molecule has 0 saturated heterocycles. The minimum Gasteiger partial charge on any atom is -0.469 e. The lowest BCUT2D eigenvalue weighted by Gasteiger charge is -2.08. The monoisotopic (exact) mass is 306 g/mol. The molecule has 0 aliphatic carbocycles. The molecule has 0 bridgehead atoms. The molecular formula is C16H15FO3S. The van der Waals surface area contributed by atoms with Crippen LogP contribution in [0.1, 0.15) is 11.1 Å². The third-order valence-corrected chi connectivity index (χ3v) is 4.42. The van der Waals surface area contributed by atoms with Crippen molar-refractivity contribution in [3.8, 4) is 0 Å². The minimum absolute atomic E-state index is 0.146. The van der Waals surface area contributed by atoms with Gasteiger partial charge in [0.1, 0.15) is 5.82 Å². The van der Waals surface area contributed by atoms with Gasteiger partial charge in [-0.2, -0.15) is 0 Å². The van der Waals surface area contributed by atoms with Gasteiger partial charge >= 0.3 is 5.97 Å². The Labute approximate surface area is 125 Å². The third kappa shape index (κ3) is 4.23. The van der Waals surface area contributed by atoms with E-state index in [0.717, 1.165) is 11.1 Å². The van der Waals surface area contributed by atoms with Gasteiger partial charge in [-0.15, -0.1) is 0 Å². The smallest absolute Gasteiger partial charge is 0.309 e. The first-order valence-corrected chi connectivity index (χ1v) is 7.69. The molecule has 2 aromatic rings. The molecule has 0 aliphatic heterocycles. The van der Waals surface area contributed by atoms with Crippen molar-refractivity contribution in [2.24, 2.45) is 0 Å². The van der Waals surface area contributed by atoms with Gasteiger partial charge in [0.05, 0.1) is 30.1 Å². The molecule has 0 aliphatic rings. The average molecular weight is 306 g/mol. The molecule has 0 spiro atoms. The van der Waals surface area contributed by atoms with Crippen molar-refractivity contribution in [2.45, 2.75) is 17.1 Å². The van der Waals surface area contributed by atoms with E-state index in [1.165, 1.54) is 31.4 Å². The van der Waals surface area contributed by atoms with E-state index < -0.39 is 10.8 Å². The van der Waals surface area contributed by atoms with E-state index in [4.69, 9.17) is 0 Å². The summed E-state index contributed by atoms with van der Waals surface area (Å²) >= 11 is 0. The van der Waals surface area contributed by atoms with Gasteiger partial charge in [0.2, 0.25) is 0 Å². The van der Waals surface area contributed by atoms with Crippen LogP contribution in [0.5, 0.6) is 0 Å². The number of esters is 1. The molecule has 0 aromatic heterocycles. The second-order valence-corrected chi connectivity index (χ2v) is 5.92. The zero-order chi connectivity index (χ0) is 15.2. The third-order valence-electron chi connectivity index (χ3n) is 3.04. The average Bonchev–Trinajstić information content (AvgIpc) is 2.49. The summed E-state index contributed by atoms with van der Waals surface area (Å²) in [5.74, 6) is -0.421. The van der Waals surface area contributed by atoms with Crippen LogP contribution >= 0.6 is 0 Å². The number of halogens is 1. The zero-order valence-corrected chi connectivity index (χ0v) is 12.4. The van der Waals surface area contributed by atoms with Crippen LogP contribution in [0.25, 0.3) is 0 Å². The summed E-state index contributed by atoms with van der Waals surface area (Å²) in [6, 6.07) is 12.9. The number of methoxy groups -OCH3 is 1. The lowest BCUT2D eigenvalue weighted by Crippen LogP contribution is -2.08. The fraction of sp³-hybridized carbons (Fsp3) is 0.188. The van der Waals surface area contributed by atoms with Crippen molar-refractivity contribution in [3.05, 3.63) is 65.5 Å². The van der Waals surface area contributed by atoms with Crippen LogP contribution in [0.15, 0.2) is 53.4 Å². The topological polar surface area (TPSA) is 43.4 Å². The molecule has 0 amide bonds. The highest BCUT2D eigenvalue weighted by Crippen LogP contribution is 2.17. The van der Waals surface area contributed by atoms with Gasteiger partial charge in [0, 0.05) is 4.90 Å². The summed E-state index contributed by atoms with van der Waals surface area (Å²) in [5.41, 5.74) is 1.62. The standard InChI is InChI=1S/C16H15FO3S/c1-20-16(18)10-12-4-2-3-5-13(12)11-21(19)15-8-6-14(17)7-9-15/h2-9H,10-11H2,1H3. The summed E-state index contributed by atoms with van der Waals surface area (Å²) < 4.78 is 29.8. The quantitative estimate of drug-likeness (QED) is 0.798. The molecule has 21 heavy (non-hydrogen) atoms. The molecule has 3 nitrogen and oxygen atoms in total. The molecule has 0 heterocycles. The Bertz CT molecular complexity index is 653. The van der Waals surface area contributed by atoms with E-state index in [2.05, 4.69) is 4.74 Å². The van der Waals surface area contributed by atoms with Crippen molar-refractivity contribution in [3.63, 3.8) is 0 Å². The number of hydrogen-bond acceptors (Lipinski definition) is 3. The van der Waals surface area contributed by atoms with E-state index in [9.17, 15) is 13.4 Å². The fourth-order valence-electron chi connectivity index (χ4n) is 1.91. The molecule has 0 radical (unpaired) electrons. The van der Waals surface area contributed by atoms with Gasteiger partial charge in [-0.25, -0.2) is 4.39 Å². The van der Waals surface area contributed by atoms with Crippen LogP contribution < -0.4 is 0 Å². The summed E-state index contributed by atoms with van der Waals surface area (Å²) in [5, 5.41) is 0. The van der Waals surface area contributed by atoms with E-state index in [1.54, 1.807) is 0 Å². The maximum atomic E-state index is 12.9. The van der Waals surface area contributed by atoms with Crippen LogP contribution in [0, 0.1) is 5.82 Å². The molecular weight excluding hydrogens is 291 g/mol. The molecule has 0 N–H and O–H groups in total. The number of carbonyl (C=O) groups excluding carboxylic acids is 1. The Balaban J connectivity index is 2.17. The molecule has 5 heteroatoms. The predicted molar refractivity (Wildman–Crippen MR) is 78.7 cm³/mol. The van der Waals surface area contributed by atoms with E-state index >= 15 is 0 Å². The first-order valence-electron chi connectivity index (χ1n) is 6.37. The van der Waals surface area contributed by atoms with Crippen molar-refractivity contribution in [1.82, 2.24) is 0 Å². The highest BCUT2D eigenvalue weighted by Gasteiger charge is 2.11. The summed E-state index contributed by atoms with van der Waals surface area (Å²) in [6.45, 7) is 0. The Kier molecular flexibility index (Phi) is 5.22. The number of rotatable bonds is 5. The molecule has 0 saturated carbocycles. The van der Waals surface area contributed by atoms with E-state index in [1.807, 2.05) is 24.3 Å². The first-order chi connectivity index (χ1) is 10.1. The second-order valence-electron chi connectivity index (χ2n) is 4.47.